The third-order valence-electron chi connectivity index (χ3n) is 9.53. The van der Waals surface area contributed by atoms with Gasteiger partial charge in [-0.15, -0.1) is 0 Å². The number of ether oxygens (including phenoxy) is 2. The second-order valence-corrected chi connectivity index (χ2v) is 36.2. The van der Waals surface area contributed by atoms with E-state index in [-0.39, 0.29) is 40.8 Å². The van der Waals surface area contributed by atoms with E-state index in [2.05, 4.69) is 121 Å². The van der Waals surface area contributed by atoms with Crippen molar-refractivity contribution in [2.75, 3.05) is 0 Å². The molecule has 0 atom stereocenters. The number of benzene rings is 8. The van der Waals surface area contributed by atoms with Crippen LogP contribution in [0.25, 0.3) is 0 Å². The zero-order valence-corrected chi connectivity index (χ0v) is 44.0. The first-order valence-electron chi connectivity index (χ1n) is 19.4. The molecule has 0 amide bonds. The molecule has 10 heteroatoms. The van der Waals surface area contributed by atoms with Crippen molar-refractivity contribution >= 4 is 93.4 Å². The van der Waals surface area contributed by atoms with Crippen LogP contribution in [0.4, 0.5) is 0 Å². The first kappa shape index (κ1) is 48.9. The summed E-state index contributed by atoms with van der Waals surface area (Å²) in [5.41, 5.74) is 0. The topological polar surface area (TPSA) is 66.0 Å². The summed E-state index contributed by atoms with van der Waals surface area (Å²) in [7, 11) is 0. The van der Waals surface area contributed by atoms with Crippen molar-refractivity contribution in [3.8, 4) is 12.5 Å². The molecule has 0 aliphatic rings. The molecule has 0 heterocycles. The normalized spacial score (nSPS) is 10.6. The zero-order chi connectivity index (χ0) is 41.2. The van der Waals surface area contributed by atoms with Gasteiger partial charge in [-0.1, -0.05) is 0 Å². The van der Waals surface area contributed by atoms with Crippen LogP contribution in [0.15, 0.2) is 243 Å². The molecular weight excluding hydrogens is 1200 g/mol. The molecule has 0 spiro atoms. The summed E-state index contributed by atoms with van der Waals surface area (Å²) in [6.45, 7) is 0. The van der Waals surface area contributed by atoms with E-state index >= 15 is 0 Å². The van der Waals surface area contributed by atoms with Crippen LogP contribution in [-0.4, -0.2) is 62.0 Å². The Kier molecular flexibility index (Phi) is 20.4. The molecule has 0 aliphatic heterocycles. The Labute approximate surface area is 412 Å². The first-order valence-corrected chi connectivity index (χ1v) is 31.5. The summed E-state index contributed by atoms with van der Waals surface area (Å²) in [6.07, 6.45) is 3.86. The van der Waals surface area contributed by atoms with Gasteiger partial charge in [0.25, 0.3) is 0 Å². The van der Waals surface area contributed by atoms with Crippen molar-refractivity contribution in [3.63, 3.8) is 0 Å². The summed E-state index contributed by atoms with van der Waals surface area (Å²) in [5.74, 6) is 0. The second-order valence-electron chi connectivity index (χ2n) is 13.3. The molecule has 0 radical (unpaired) electrons. The summed E-state index contributed by atoms with van der Waals surface area (Å²) < 4.78 is 22.4. The van der Waals surface area contributed by atoms with Gasteiger partial charge < -0.3 is 0 Å². The van der Waals surface area contributed by atoms with Gasteiger partial charge in [-0.25, -0.2) is 0 Å². The van der Waals surface area contributed by atoms with Crippen LogP contribution in [0, 0.1) is 23.0 Å². The van der Waals surface area contributed by atoms with Gasteiger partial charge in [0, 0.05) is 40.8 Å². The Balaban J connectivity index is 0.000000231. The van der Waals surface area contributed by atoms with E-state index in [1.165, 1.54) is 4.00 Å². The van der Waals surface area contributed by atoms with Gasteiger partial charge in [-0.05, 0) is 0 Å². The number of rotatable bonds is 14. The van der Waals surface area contributed by atoms with E-state index in [0.717, 1.165) is 17.4 Å². The molecule has 0 aliphatic carbocycles. The minimum absolute atomic E-state index is 0. The van der Waals surface area contributed by atoms with Crippen LogP contribution < -0.4 is 34.8 Å². The van der Waals surface area contributed by atoms with Crippen LogP contribution >= 0.6 is 0 Å². The Morgan fingerprint density at radius 1 is 0.306 bits per heavy atom. The number of hydrogen-bond acceptors (Lipinski definition) is 4. The standard InChI is InChI=1S/C27H20As2N2O2.C25H22As2.2Pd/c30-21-32-27(33-22-31,28(23-13-5-1-6-14-23)24-15-7-2-8-16-24)29(25-17-9-3-10-18-25)26-19-11-4-12-20-26;1-5-13-22(14-6-1)26(23-15-7-2-8-16-23)21-27(24-17-9-3-10-18-24)25-19-11-4-12-20-25;;/h1-20H;1-20H,21H2;;. The molecule has 8 aromatic rings. The van der Waals surface area contributed by atoms with Gasteiger partial charge in [-0.2, -0.15) is 0 Å². The van der Waals surface area contributed by atoms with Crippen molar-refractivity contribution in [2.45, 2.75) is 7.36 Å². The maximum atomic E-state index is 9.90. The van der Waals surface area contributed by atoms with Crippen LogP contribution in [0.3, 0.4) is 0 Å². The fraction of sp³-hybridized carbons (Fsp3) is 0.0385. The first-order chi connectivity index (χ1) is 29.7. The molecule has 0 unspecified atom stereocenters. The van der Waals surface area contributed by atoms with E-state index in [1.54, 1.807) is 17.4 Å². The second kappa shape index (κ2) is 25.9. The SMILES string of the molecule is N#COC(OC#N)([As](c1ccccc1)c1ccccc1)[As](c1ccccc1)c1ccccc1.[Pd].[Pd].c1ccc([As](C[As](c2ccccc2)c2ccccc2)c2ccccc2)cc1. The van der Waals surface area contributed by atoms with Gasteiger partial charge in [0.2, 0.25) is 0 Å². The Morgan fingerprint density at radius 2 is 0.484 bits per heavy atom. The Bertz CT molecular complexity index is 2220. The average Bonchev–Trinajstić information content (AvgIpc) is 3.32. The molecule has 8 rings (SSSR count). The predicted molar refractivity (Wildman–Crippen MR) is 253 cm³/mol. The van der Waals surface area contributed by atoms with Crippen LogP contribution in [0.5, 0.6) is 0 Å². The quantitative estimate of drug-likeness (QED) is 0.0820. The molecule has 0 N–H and O–H groups in total. The third kappa shape index (κ3) is 12.5. The summed E-state index contributed by atoms with van der Waals surface area (Å²) in [4.78, 5) is 0. The molecular formula is C52H42As4N2O2Pd2. The van der Waals surface area contributed by atoms with E-state index in [4.69, 9.17) is 9.47 Å². The molecule has 62 heavy (non-hydrogen) atoms. The van der Waals surface area contributed by atoms with Crippen LogP contribution in [-0.2, 0) is 50.3 Å². The molecule has 0 aromatic heterocycles. The maximum absolute atomic E-state index is 9.90. The van der Waals surface area contributed by atoms with Crippen molar-refractivity contribution in [2.24, 2.45) is 0 Å². The number of nitrogens with zero attached hydrogens (tertiary/aromatic N) is 2. The average molecular weight is 1240 g/mol. The summed E-state index contributed by atoms with van der Waals surface area (Å²) >= 11 is -7.85. The minimum atomic E-state index is -2.56. The number of nitriles is 2. The van der Waals surface area contributed by atoms with Crippen molar-refractivity contribution in [1.82, 2.24) is 0 Å². The van der Waals surface area contributed by atoms with Gasteiger partial charge in [0.1, 0.15) is 0 Å². The van der Waals surface area contributed by atoms with Gasteiger partial charge in [0.05, 0.1) is 0 Å². The monoisotopic (exact) mass is 1240 g/mol. The molecule has 0 bridgehead atoms. The van der Waals surface area contributed by atoms with E-state index in [1.807, 2.05) is 134 Å². The molecule has 0 saturated carbocycles. The molecule has 0 saturated heterocycles. The molecule has 312 valence electrons. The van der Waals surface area contributed by atoms with Gasteiger partial charge >= 0.3 is 376 Å². The summed E-state index contributed by atoms with van der Waals surface area (Å²) in [5, 5.41) is 19.8. The Morgan fingerprint density at radius 3 is 0.661 bits per heavy atom. The van der Waals surface area contributed by atoms with Crippen LogP contribution in [0.1, 0.15) is 0 Å². The molecule has 0 fully saturated rings. The van der Waals surface area contributed by atoms with E-state index < -0.39 is 62.0 Å². The predicted octanol–water partition coefficient (Wildman–Crippen LogP) is 5.51. The van der Waals surface area contributed by atoms with Crippen molar-refractivity contribution < 1.29 is 50.3 Å². The fourth-order valence-electron chi connectivity index (χ4n) is 6.88. The van der Waals surface area contributed by atoms with Gasteiger partial charge in [-0.3, -0.25) is 0 Å². The van der Waals surface area contributed by atoms with Crippen molar-refractivity contribution in [1.29, 1.82) is 10.5 Å². The third-order valence-corrected chi connectivity index (χ3v) is 39.0. The Hall–Kier alpha value is -4.10. The van der Waals surface area contributed by atoms with E-state index in [0.29, 0.717) is 0 Å². The molecule has 8 aromatic carbocycles. The van der Waals surface area contributed by atoms with Crippen LogP contribution in [0.2, 0.25) is 4.00 Å². The fourth-order valence-corrected chi connectivity index (χ4v) is 41.4. The molecule has 4 nitrogen and oxygen atoms in total. The van der Waals surface area contributed by atoms with Gasteiger partial charge in [0.15, 0.2) is 0 Å². The zero-order valence-electron chi connectivity index (χ0n) is 33.4. The summed E-state index contributed by atoms with van der Waals surface area (Å²) in [6, 6.07) is 84.9. The number of hydrogen-bond donors (Lipinski definition) is 0. The van der Waals surface area contributed by atoms with E-state index in [9.17, 15) is 10.5 Å². The van der Waals surface area contributed by atoms with Crippen molar-refractivity contribution in [3.05, 3.63) is 243 Å².